The molecule has 0 spiro atoms. The van der Waals surface area contributed by atoms with Crippen molar-refractivity contribution in [1.29, 1.82) is 0 Å². The molecule has 2 heterocycles. The molecular weight excluding hydrogens is 268 g/mol. The zero-order chi connectivity index (χ0) is 13.4. The minimum atomic E-state index is 0.693. The number of pyridine rings is 1. The minimum Gasteiger partial charge on any atom is -0.308 e. The predicted octanol–water partition coefficient (Wildman–Crippen LogP) is 3.01. The first-order chi connectivity index (χ1) is 9.90. The minimum absolute atomic E-state index is 0.693. The van der Waals surface area contributed by atoms with E-state index in [4.69, 9.17) is 0 Å². The van der Waals surface area contributed by atoms with E-state index in [1.54, 1.807) is 11.3 Å². The third kappa shape index (κ3) is 2.30. The number of nitrogens with one attached hydrogen (secondary N) is 1. The largest absolute Gasteiger partial charge is 0.308 e. The van der Waals surface area contributed by atoms with Crippen LogP contribution < -0.4 is 5.32 Å². The Hall–Kier alpha value is -1.85. The van der Waals surface area contributed by atoms with Gasteiger partial charge in [-0.3, -0.25) is 4.98 Å². The summed E-state index contributed by atoms with van der Waals surface area (Å²) in [5.41, 5.74) is 0.929. The van der Waals surface area contributed by atoms with Crippen molar-refractivity contribution >= 4 is 22.1 Å². The molecule has 2 aromatic heterocycles. The molecule has 1 N–H and O–H groups in total. The molecular formula is C15H14N4S. The summed E-state index contributed by atoms with van der Waals surface area (Å²) in [5, 5.41) is 16.3. The number of aromatic nitrogens is 3. The zero-order valence-corrected chi connectivity index (χ0v) is 11.7. The molecule has 1 saturated carbocycles. The molecule has 1 aromatic carbocycles. The van der Waals surface area contributed by atoms with Crippen LogP contribution in [0, 0.1) is 0 Å². The van der Waals surface area contributed by atoms with Crippen LogP contribution >= 0.6 is 11.3 Å². The second-order valence-corrected chi connectivity index (χ2v) is 6.10. The highest BCUT2D eigenvalue weighted by Gasteiger charge is 2.21. The fourth-order valence-corrected chi connectivity index (χ4v) is 3.03. The van der Waals surface area contributed by atoms with Gasteiger partial charge in [-0.2, -0.15) is 0 Å². The van der Waals surface area contributed by atoms with E-state index in [9.17, 15) is 0 Å². The lowest BCUT2D eigenvalue weighted by molar-refractivity contribution is 0.679. The lowest BCUT2D eigenvalue weighted by Gasteiger charge is -2.01. The molecule has 0 radical (unpaired) electrons. The van der Waals surface area contributed by atoms with E-state index in [-0.39, 0.29) is 0 Å². The molecule has 20 heavy (non-hydrogen) atoms. The van der Waals surface area contributed by atoms with Gasteiger partial charge in [0.2, 0.25) is 0 Å². The van der Waals surface area contributed by atoms with Gasteiger partial charge in [0.25, 0.3) is 0 Å². The highest BCUT2D eigenvalue weighted by molar-refractivity contribution is 7.14. The molecule has 0 unspecified atom stereocenters. The van der Waals surface area contributed by atoms with E-state index in [1.807, 2.05) is 24.4 Å². The molecule has 0 aliphatic heterocycles. The maximum atomic E-state index is 4.49. The van der Waals surface area contributed by atoms with Crippen LogP contribution in [0.3, 0.4) is 0 Å². The van der Waals surface area contributed by atoms with Gasteiger partial charge < -0.3 is 5.32 Å². The topological polar surface area (TPSA) is 50.7 Å². The molecule has 100 valence electrons. The van der Waals surface area contributed by atoms with Crippen molar-refractivity contribution in [2.45, 2.75) is 25.4 Å². The van der Waals surface area contributed by atoms with Crippen LogP contribution in [0.1, 0.15) is 17.8 Å². The summed E-state index contributed by atoms with van der Waals surface area (Å²) in [6.07, 6.45) is 4.41. The van der Waals surface area contributed by atoms with E-state index in [1.165, 1.54) is 18.2 Å². The SMILES string of the molecule is c1ccc2c(-c3nnc(CNC4CC4)s3)nccc2c1. The molecule has 4 nitrogen and oxygen atoms in total. The van der Waals surface area contributed by atoms with Gasteiger partial charge >= 0.3 is 0 Å². The molecule has 0 atom stereocenters. The number of hydrogen-bond donors (Lipinski definition) is 1. The van der Waals surface area contributed by atoms with Gasteiger partial charge in [0.15, 0.2) is 5.01 Å². The number of rotatable bonds is 4. The first-order valence-electron chi connectivity index (χ1n) is 6.80. The van der Waals surface area contributed by atoms with Gasteiger partial charge in [0.1, 0.15) is 10.7 Å². The van der Waals surface area contributed by atoms with Gasteiger partial charge in [-0.05, 0) is 24.3 Å². The molecule has 5 heteroatoms. The Morgan fingerprint density at radius 3 is 2.95 bits per heavy atom. The van der Waals surface area contributed by atoms with Crippen LogP contribution in [0.2, 0.25) is 0 Å². The lowest BCUT2D eigenvalue weighted by atomic mass is 10.1. The van der Waals surface area contributed by atoms with Crippen molar-refractivity contribution in [2.75, 3.05) is 0 Å². The van der Waals surface area contributed by atoms with Crippen LogP contribution in [-0.2, 0) is 6.54 Å². The Kier molecular flexibility index (Phi) is 2.94. The van der Waals surface area contributed by atoms with E-state index in [2.05, 4.69) is 32.6 Å². The van der Waals surface area contributed by atoms with Gasteiger partial charge in [-0.15, -0.1) is 10.2 Å². The Balaban J connectivity index is 1.67. The van der Waals surface area contributed by atoms with Crippen molar-refractivity contribution in [1.82, 2.24) is 20.5 Å². The van der Waals surface area contributed by atoms with Crippen molar-refractivity contribution in [2.24, 2.45) is 0 Å². The van der Waals surface area contributed by atoms with Crippen molar-refractivity contribution in [3.8, 4) is 10.7 Å². The third-order valence-corrected chi connectivity index (χ3v) is 4.39. The molecule has 1 fully saturated rings. The molecule has 1 aliphatic carbocycles. The number of hydrogen-bond acceptors (Lipinski definition) is 5. The van der Waals surface area contributed by atoms with Gasteiger partial charge in [-0.1, -0.05) is 35.6 Å². The smallest absolute Gasteiger partial charge is 0.166 e. The second-order valence-electron chi connectivity index (χ2n) is 5.04. The third-order valence-electron chi connectivity index (χ3n) is 3.46. The summed E-state index contributed by atoms with van der Waals surface area (Å²) >= 11 is 1.62. The quantitative estimate of drug-likeness (QED) is 0.799. The van der Waals surface area contributed by atoms with Crippen molar-refractivity contribution < 1.29 is 0 Å². The maximum Gasteiger partial charge on any atom is 0.166 e. The van der Waals surface area contributed by atoms with Crippen LogP contribution in [0.25, 0.3) is 21.5 Å². The fourth-order valence-electron chi connectivity index (χ4n) is 2.23. The molecule has 3 aromatic rings. The Morgan fingerprint density at radius 2 is 2.05 bits per heavy atom. The first kappa shape index (κ1) is 11.9. The Bertz CT molecular complexity index is 743. The lowest BCUT2D eigenvalue weighted by Crippen LogP contribution is -2.14. The summed E-state index contributed by atoms with van der Waals surface area (Å²) in [6, 6.07) is 11.0. The normalized spacial score (nSPS) is 14.8. The van der Waals surface area contributed by atoms with E-state index in [0.29, 0.717) is 6.04 Å². The molecule has 0 bridgehead atoms. The number of fused-ring (bicyclic) bond motifs is 1. The Morgan fingerprint density at radius 1 is 1.15 bits per heavy atom. The van der Waals surface area contributed by atoms with Gasteiger partial charge in [0, 0.05) is 24.2 Å². The highest BCUT2D eigenvalue weighted by Crippen LogP contribution is 2.29. The van der Waals surface area contributed by atoms with E-state index < -0.39 is 0 Å². The Labute approximate surface area is 120 Å². The van der Waals surface area contributed by atoms with Crippen LogP contribution in [0.15, 0.2) is 36.5 Å². The second kappa shape index (κ2) is 4.92. The fraction of sp³-hybridized carbons (Fsp3) is 0.267. The van der Waals surface area contributed by atoms with E-state index >= 15 is 0 Å². The molecule has 0 amide bonds. The summed E-state index contributed by atoms with van der Waals surface area (Å²) < 4.78 is 0. The summed E-state index contributed by atoms with van der Waals surface area (Å²) in [5.74, 6) is 0. The first-order valence-corrected chi connectivity index (χ1v) is 7.62. The summed E-state index contributed by atoms with van der Waals surface area (Å²) in [7, 11) is 0. The zero-order valence-electron chi connectivity index (χ0n) is 10.9. The van der Waals surface area contributed by atoms with Crippen LogP contribution in [0.5, 0.6) is 0 Å². The van der Waals surface area contributed by atoms with Gasteiger partial charge in [-0.25, -0.2) is 0 Å². The molecule has 1 aliphatic rings. The summed E-state index contributed by atoms with van der Waals surface area (Å²) in [6.45, 7) is 0.813. The van der Waals surface area contributed by atoms with E-state index in [0.717, 1.165) is 27.6 Å². The van der Waals surface area contributed by atoms with Crippen LogP contribution in [-0.4, -0.2) is 21.2 Å². The number of nitrogens with zero attached hydrogens (tertiary/aromatic N) is 3. The van der Waals surface area contributed by atoms with Crippen molar-refractivity contribution in [3.05, 3.63) is 41.5 Å². The highest BCUT2D eigenvalue weighted by atomic mass is 32.1. The number of benzene rings is 1. The average molecular weight is 282 g/mol. The standard InChI is InChI=1S/C15H14N4S/c1-2-4-12-10(3-1)7-8-16-14(12)15-19-18-13(20-15)9-17-11-5-6-11/h1-4,7-8,11,17H,5-6,9H2. The monoisotopic (exact) mass is 282 g/mol. The van der Waals surface area contributed by atoms with Gasteiger partial charge in [0.05, 0.1) is 0 Å². The average Bonchev–Trinajstić information content (AvgIpc) is 3.21. The van der Waals surface area contributed by atoms with Crippen LogP contribution in [0.4, 0.5) is 0 Å². The van der Waals surface area contributed by atoms with Crippen molar-refractivity contribution in [3.63, 3.8) is 0 Å². The summed E-state index contributed by atoms with van der Waals surface area (Å²) in [4.78, 5) is 4.49. The predicted molar refractivity (Wildman–Crippen MR) is 80.5 cm³/mol. The molecule has 4 rings (SSSR count). The maximum absolute atomic E-state index is 4.49. The molecule has 0 saturated heterocycles.